The van der Waals surface area contributed by atoms with Crippen LogP contribution < -0.4 is 14.9 Å². The molecule has 54 heavy (non-hydrogen) atoms. The van der Waals surface area contributed by atoms with E-state index in [1.807, 2.05) is 113 Å². The van der Waals surface area contributed by atoms with Gasteiger partial charge in [0.1, 0.15) is 29.4 Å². The zero-order valence-electron chi connectivity index (χ0n) is 32.6. The Morgan fingerprint density at radius 2 is 1.50 bits per heavy atom. The third-order valence-electron chi connectivity index (χ3n) is 9.26. The van der Waals surface area contributed by atoms with Crippen molar-refractivity contribution in [1.82, 2.24) is 10.2 Å². The van der Waals surface area contributed by atoms with Crippen LogP contribution in [0, 0.1) is 13.8 Å². The summed E-state index contributed by atoms with van der Waals surface area (Å²) in [6, 6.07) is 27.5. The lowest BCUT2D eigenvalue weighted by Gasteiger charge is -2.35. The molecule has 0 aliphatic heterocycles. The van der Waals surface area contributed by atoms with Crippen LogP contribution in [0.4, 0.5) is 0 Å². The molecule has 0 amide bonds. The fraction of sp³-hybridized carbons (Fsp3) is 0.409. The first-order chi connectivity index (χ1) is 25.9. The van der Waals surface area contributed by atoms with Crippen molar-refractivity contribution in [3.8, 4) is 11.5 Å². The number of hydrogen-bond acceptors (Lipinski definition) is 7. The number of aldehydes is 1. The van der Waals surface area contributed by atoms with Crippen molar-refractivity contribution in [2.24, 2.45) is 0 Å². The maximum Gasteiger partial charge on any atom is 0.323 e. The highest BCUT2D eigenvalue weighted by molar-refractivity contribution is 7.59. The predicted molar refractivity (Wildman–Crippen MR) is 216 cm³/mol. The Labute approximate surface area is 321 Å². The summed E-state index contributed by atoms with van der Waals surface area (Å²) in [5, 5.41) is 16.7. The molecule has 1 unspecified atom stereocenters. The van der Waals surface area contributed by atoms with Gasteiger partial charge in [-0.3, -0.25) is 9.36 Å². The number of carbonyl (C=O) groups excluding carboxylic acids is 2. The first-order valence-electron chi connectivity index (χ1n) is 18.9. The van der Waals surface area contributed by atoms with E-state index >= 15 is 4.57 Å². The normalized spacial score (nSPS) is 14.2. The molecule has 0 spiro atoms. The molecule has 0 bridgehead atoms. The van der Waals surface area contributed by atoms with Crippen LogP contribution in [0.3, 0.4) is 0 Å². The molecule has 290 valence electrons. The van der Waals surface area contributed by atoms with Crippen LogP contribution in [0.5, 0.6) is 11.5 Å². The average molecular weight is 757 g/mol. The second-order valence-electron chi connectivity index (χ2n) is 14.4. The van der Waals surface area contributed by atoms with Crippen LogP contribution in [0.15, 0.2) is 91.0 Å². The van der Waals surface area contributed by atoms with Gasteiger partial charge in [-0.2, -0.15) is 0 Å². The number of rotatable bonds is 22. The van der Waals surface area contributed by atoms with Crippen LogP contribution in [0.1, 0.15) is 85.4 Å². The summed E-state index contributed by atoms with van der Waals surface area (Å²) in [7, 11) is -3.96. The first-order valence-corrected chi connectivity index (χ1v) is 20.8. The zero-order chi connectivity index (χ0) is 39.1. The van der Waals surface area contributed by atoms with Crippen LogP contribution in [-0.2, 0) is 42.9 Å². The van der Waals surface area contributed by atoms with Crippen LogP contribution >= 0.6 is 7.44 Å². The van der Waals surface area contributed by atoms with Gasteiger partial charge >= 0.3 is 5.97 Å². The summed E-state index contributed by atoms with van der Waals surface area (Å²) in [5.41, 5.74) is 5.38. The Morgan fingerprint density at radius 3 is 2.09 bits per heavy atom. The highest BCUT2D eigenvalue weighted by Crippen LogP contribution is 2.42. The Morgan fingerprint density at radius 1 is 0.870 bits per heavy atom. The van der Waals surface area contributed by atoms with E-state index in [1.165, 1.54) is 0 Å². The number of phenols is 1. The lowest BCUT2D eigenvalue weighted by Crippen LogP contribution is -2.54. The van der Waals surface area contributed by atoms with E-state index in [1.54, 1.807) is 6.07 Å². The minimum atomic E-state index is -3.96. The van der Waals surface area contributed by atoms with E-state index in [2.05, 4.69) is 24.0 Å². The Kier molecular flexibility index (Phi) is 16.1. The molecular formula is C44H57N2O7P. The van der Waals surface area contributed by atoms with Crippen LogP contribution in [0.2, 0.25) is 0 Å². The maximum absolute atomic E-state index is 15.4. The van der Waals surface area contributed by atoms with Crippen molar-refractivity contribution in [2.75, 3.05) is 26.2 Å². The summed E-state index contributed by atoms with van der Waals surface area (Å²) in [5.74, 6) is 0.434. The van der Waals surface area contributed by atoms with E-state index in [0.29, 0.717) is 30.9 Å². The quantitative estimate of drug-likeness (QED) is 0.0313. The van der Waals surface area contributed by atoms with E-state index in [4.69, 9.17) is 14.2 Å². The summed E-state index contributed by atoms with van der Waals surface area (Å²) in [4.78, 5) is 26.7. The van der Waals surface area contributed by atoms with Gasteiger partial charge in [-0.25, -0.2) is 10.2 Å². The minimum absolute atomic E-state index is 0.0444. The number of benzene rings is 4. The smallest absolute Gasteiger partial charge is 0.323 e. The molecule has 0 saturated carbocycles. The molecule has 0 aliphatic carbocycles. The highest BCUT2D eigenvalue weighted by Gasteiger charge is 2.41. The zero-order valence-corrected chi connectivity index (χ0v) is 33.5. The van der Waals surface area contributed by atoms with Gasteiger partial charge in [0.25, 0.3) is 0 Å². The maximum atomic E-state index is 15.4. The Bertz CT molecular complexity index is 1830. The second-order valence-corrected chi connectivity index (χ2v) is 16.6. The van der Waals surface area contributed by atoms with Crippen molar-refractivity contribution in [3.05, 3.63) is 130 Å². The average Bonchev–Trinajstić information content (AvgIpc) is 3.15. The third kappa shape index (κ3) is 12.4. The van der Waals surface area contributed by atoms with Crippen molar-refractivity contribution in [3.63, 3.8) is 0 Å². The van der Waals surface area contributed by atoms with Gasteiger partial charge in [-0.1, -0.05) is 100 Å². The fourth-order valence-corrected chi connectivity index (χ4v) is 8.64. The monoisotopic (exact) mass is 756 g/mol. The molecule has 0 aromatic heterocycles. The number of aromatic hydroxyl groups is 1. The van der Waals surface area contributed by atoms with Gasteiger partial charge in [0, 0.05) is 13.0 Å². The molecule has 4 aromatic carbocycles. The number of carbonyl (C=O) groups is 2. The lowest BCUT2D eigenvalue weighted by molar-refractivity contribution is -0.145. The van der Waals surface area contributed by atoms with E-state index in [0.717, 1.165) is 51.7 Å². The molecule has 9 nitrogen and oxygen atoms in total. The standard InChI is InChI=1S/C44H57N2O7P/c1-7-21-51-30-44(29-47,28-36-17-13-10-14-18-36)46-54(50,45-41(43(49)52-22-8-2)27-35-15-11-9-12-16-35)31-53-38-23-33(5)40(34(6)24-38)26-37-19-20-42(48)39(25-37)32(3)4/h9-20,23-25,29,32,41,48H,7-8,21-22,26-28,30-31H2,1-6H3,(H2,45,46,50)/t41-,44-,54?/m0/s1. The van der Waals surface area contributed by atoms with Crippen molar-refractivity contribution in [2.45, 2.75) is 91.1 Å². The molecular weight excluding hydrogens is 699 g/mol. The largest absolute Gasteiger partial charge is 0.508 e. The second kappa shape index (κ2) is 20.4. The van der Waals surface area contributed by atoms with E-state index < -0.39 is 25.0 Å². The molecule has 3 N–H and O–H groups in total. The number of aryl methyl sites for hydroxylation is 2. The fourth-order valence-electron chi connectivity index (χ4n) is 6.49. The van der Waals surface area contributed by atoms with E-state index in [9.17, 15) is 14.7 Å². The van der Waals surface area contributed by atoms with Crippen LogP contribution in [0.25, 0.3) is 0 Å². The Balaban J connectivity index is 1.70. The van der Waals surface area contributed by atoms with Crippen LogP contribution in [-0.4, -0.2) is 55.1 Å². The highest BCUT2D eigenvalue weighted by atomic mass is 31.2. The Hall–Kier alpha value is -4.27. The number of phenolic OH excluding ortho intramolecular Hbond substituents is 1. The van der Waals surface area contributed by atoms with Gasteiger partial charge in [0.2, 0.25) is 7.44 Å². The molecule has 0 heterocycles. The molecule has 0 fully saturated rings. The van der Waals surface area contributed by atoms with Gasteiger partial charge < -0.3 is 24.1 Å². The van der Waals surface area contributed by atoms with Gasteiger partial charge in [-0.15, -0.1) is 0 Å². The minimum Gasteiger partial charge on any atom is -0.508 e. The van der Waals surface area contributed by atoms with Gasteiger partial charge in [0.05, 0.1) is 13.2 Å². The molecule has 4 aromatic rings. The number of hydrogen-bond donors (Lipinski definition) is 3. The lowest BCUT2D eigenvalue weighted by atomic mass is 9.93. The summed E-state index contributed by atoms with van der Waals surface area (Å²) >= 11 is 0. The summed E-state index contributed by atoms with van der Waals surface area (Å²) < 4.78 is 33.3. The van der Waals surface area contributed by atoms with Crippen molar-refractivity contribution >= 4 is 19.7 Å². The molecule has 0 radical (unpaired) electrons. The number of nitrogens with one attached hydrogen (secondary N) is 2. The van der Waals surface area contributed by atoms with Gasteiger partial charge in [-0.05, 0) is 103 Å². The number of ether oxygens (including phenoxy) is 3. The van der Waals surface area contributed by atoms with Crippen molar-refractivity contribution in [1.29, 1.82) is 0 Å². The molecule has 10 heteroatoms. The SMILES string of the molecule is CCCOC[C@@](C=O)(Cc1ccccc1)NP(=O)(COc1cc(C)c(Cc2ccc(O)c(C(C)C)c2)c(C)c1)N[C@@H](Cc1ccccc1)C(=O)OCCC. The molecule has 0 saturated heterocycles. The topological polar surface area (TPSA) is 123 Å². The van der Waals surface area contributed by atoms with Gasteiger partial charge in [0.15, 0.2) is 6.35 Å². The summed E-state index contributed by atoms with van der Waals surface area (Å²) in [6.45, 7) is 12.6. The first kappa shape index (κ1) is 42.5. The van der Waals surface area contributed by atoms with Crippen molar-refractivity contribution < 1.29 is 33.5 Å². The predicted octanol–water partition coefficient (Wildman–Crippen LogP) is 8.60. The van der Waals surface area contributed by atoms with E-state index in [-0.39, 0.29) is 38.3 Å². The third-order valence-corrected chi connectivity index (χ3v) is 11.3. The summed E-state index contributed by atoms with van der Waals surface area (Å²) in [6.07, 6.45) is 2.81. The molecule has 0 aliphatic rings. The molecule has 3 atom stereocenters. The number of esters is 1. The molecule has 4 rings (SSSR count).